The second kappa shape index (κ2) is 5.13. The molecule has 0 saturated heterocycles. The van der Waals surface area contributed by atoms with Crippen molar-refractivity contribution in [3.05, 3.63) is 40.6 Å². The number of benzene rings is 1. The summed E-state index contributed by atoms with van der Waals surface area (Å²) in [5.74, 6) is 0.368. The first-order chi connectivity index (χ1) is 9.74. The molecule has 1 heterocycles. The molecular formula is C14H13F3N4. The number of anilines is 2. The van der Waals surface area contributed by atoms with E-state index in [2.05, 4.69) is 10.4 Å². The monoisotopic (exact) mass is 294 g/mol. The minimum Gasteiger partial charge on any atom is -0.339 e. The molecule has 0 radical (unpaired) electrons. The first-order valence-electron chi connectivity index (χ1n) is 6.12. The van der Waals surface area contributed by atoms with Crippen LogP contribution in [0.2, 0.25) is 0 Å². The van der Waals surface area contributed by atoms with Crippen LogP contribution >= 0.6 is 0 Å². The predicted octanol–water partition coefficient (Wildman–Crippen LogP) is 3.67. The summed E-state index contributed by atoms with van der Waals surface area (Å²) < 4.78 is 40.1. The Kier molecular flexibility index (Phi) is 3.64. The van der Waals surface area contributed by atoms with Crippen molar-refractivity contribution < 1.29 is 13.2 Å². The maximum atomic E-state index is 12.9. The van der Waals surface area contributed by atoms with Gasteiger partial charge in [-0.3, -0.25) is 4.68 Å². The van der Waals surface area contributed by atoms with Crippen molar-refractivity contribution in [3.8, 4) is 6.07 Å². The Labute approximate surface area is 119 Å². The van der Waals surface area contributed by atoms with Crippen molar-refractivity contribution in [2.45, 2.75) is 20.0 Å². The minimum atomic E-state index is -4.41. The zero-order valence-electron chi connectivity index (χ0n) is 11.7. The highest BCUT2D eigenvalue weighted by molar-refractivity contribution is 5.65. The van der Waals surface area contributed by atoms with Gasteiger partial charge in [-0.15, -0.1) is 0 Å². The van der Waals surface area contributed by atoms with E-state index in [-0.39, 0.29) is 11.3 Å². The van der Waals surface area contributed by atoms with Crippen molar-refractivity contribution in [2.75, 3.05) is 5.32 Å². The lowest BCUT2D eigenvalue weighted by molar-refractivity contribution is -0.138. The number of halogens is 3. The standard InChI is InChI=1S/C14H13F3N4/c1-8-4-5-10(6-12(8)14(15,16)17)19-13-11(7-18)9(2)20-21(13)3/h4-6,19H,1-3H3. The molecular weight excluding hydrogens is 281 g/mol. The van der Waals surface area contributed by atoms with Gasteiger partial charge >= 0.3 is 6.18 Å². The number of alkyl halides is 3. The topological polar surface area (TPSA) is 53.6 Å². The molecule has 0 aliphatic carbocycles. The molecule has 0 unspecified atom stereocenters. The molecule has 0 bridgehead atoms. The van der Waals surface area contributed by atoms with E-state index in [1.54, 1.807) is 14.0 Å². The molecule has 2 aromatic rings. The van der Waals surface area contributed by atoms with Crippen LogP contribution < -0.4 is 5.32 Å². The summed E-state index contributed by atoms with van der Waals surface area (Å²) in [7, 11) is 1.62. The molecule has 0 aliphatic rings. The van der Waals surface area contributed by atoms with Gasteiger partial charge in [-0.25, -0.2) is 0 Å². The van der Waals surface area contributed by atoms with Crippen LogP contribution in [0.5, 0.6) is 0 Å². The molecule has 0 aliphatic heterocycles. The lowest BCUT2D eigenvalue weighted by Gasteiger charge is -2.13. The van der Waals surface area contributed by atoms with Crippen molar-refractivity contribution in [1.82, 2.24) is 9.78 Å². The second-order valence-electron chi connectivity index (χ2n) is 4.70. The Morgan fingerprint density at radius 2 is 1.95 bits per heavy atom. The van der Waals surface area contributed by atoms with Gasteiger partial charge in [0.15, 0.2) is 0 Å². The van der Waals surface area contributed by atoms with E-state index in [0.717, 1.165) is 6.07 Å². The number of nitrogens with one attached hydrogen (secondary N) is 1. The van der Waals surface area contributed by atoms with E-state index in [1.165, 1.54) is 23.7 Å². The number of hydrogen-bond donors (Lipinski definition) is 1. The van der Waals surface area contributed by atoms with E-state index in [4.69, 9.17) is 5.26 Å². The second-order valence-corrected chi connectivity index (χ2v) is 4.70. The molecule has 110 valence electrons. The summed E-state index contributed by atoms with van der Waals surface area (Å²) in [6.07, 6.45) is -4.41. The fourth-order valence-electron chi connectivity index (χ4n) is 2.08. The first-order valence-corrected chi connectivity index (χ1v) is 6.12. The van der Waals surface area contributed by atoms with Crippen molar-refractivity contribution in [2.24, 2.45) is 7.05 Å². The van der Waals surface area contributed by atoms with Gasteiger partial charge in [-0.1, -0.05) is 6.07 Å². The van der Waals surface area contributed by atoms with E-state index >= 15 is 0 Å². The maximum Gasteiger partial charge on any atom is 0.416 e. The fraction of sp³-hybridized carbons (Fsp3) is 0.286. The van der Waals surface area contributed by atoms with Gasteiger partial charge in [0.2, 0.25) is 0 Å². The molecule has 0 saturated carbocycles. The number of rotatable bonds is 2. The summed E-state index contributed by atoms with van der Waals surface area (Å²) in [6.45, 7) is 3.07. The lowest BCUT2D eigenvalue weighted by atomic mass is 10.1. The van der Waals surface area contributed by atoms with Crippen LogP contribution in [0.3, 0.4) is 0 Å². The van der Waals surface area contributed by atoms with Gasteiger partial charge < -0.3 is 5.32 Å². The normalized spacial score (nSPS) is 11.3. The number of hydrogen-bond acceptors (Lipinski definition) is 3. The van der Waals surface area contributed by atoms with Crippen molar-refractivity contribution >= 4 is 11.5 Å². The van der Waals surface area contributed by atoms with Crippen LogP contribution in [0.15, 0.2) is 18.2 Å². The highest BCUT2D eigenvalue weighted by Gasteiger charge is 2.32. The SMILES string of the molecule is Cc1ccc(Nc2c(C#N)c(C)nn2C)cc1C(F)(F)F. The molecule has 7 heteroatoms. The number of nitriles is 1. The largest absolute Gasteiger partial charge is 0.416 e. The first kappa shape index (κ1) is 14.9. The highest BCUT2D eigenvalue weighted by atomic mass is 19.4. The van der Waals surface area contributed by atoms with Crippen LogP contribution in [0.25, 0.3) is 0 Å². The van der Waals surface area contributed by atoms with Crippen LogP contribution in [-0.2, 0) is 13.2 Å². The molecule has 4 nitrogen and oxygen atoms in total. The fourth-order valence-corrected chi connectivity index (χ4v) is 2.08. The molecule has 0 spiro atoms. The molecule has 1 aromatic heterocycles. The quantitative estimate of drug-likeness (QED) is 0.919. The molecule has 0 fully saturated rings. The Morgan fingerprint density at radius 1 is 1.29 bits per heavy atom. The minimum absolute atomic E-state index is 0.148. The Morgan fingerprint density at radius 3 is 2.52 bits per heavy atom. The highest BCUT2D eigenvalue weighted by Crippen LogP contribution is 2.34. The summed E-state index contributed by atoms with van der Waals surface area (Å²) in [5, 5.41) is 16.0. The van der Waals surface area contributed by atoms with E-state index in [9.17, 15) is 13.2 Å². The Hall–Kier alpha value is -2.49. The van der Waals surface area contributed by atoms with Crippen LogP contribution in [0.4, 0.5) is 24.7 Å². The Balaban J connectivity index is 2.45. The third kappa shape index (κ3) is 2.84. The van der Waals surface area contributed by atoms with Gasteiger partial charge in [0, 0.05) is 12.7 Å². The van der Waals surface area contributed by atoms with Crippen LogP contribution in [0, 0.1) is 25.2 Å². The number of nitrogens with zero attached hydrogens (tertiary/aromatic N) is 3. The van der Waals surface area contributed by atoms with Crippen LogP contribution in [-0.4, -0.2) is 9.78 Å². The van der Waals surface area contributed by atoms with E-state index in [0.29, 0.717) is 17.1 Å². The number of aryl methyl sites for hydroxylation is 3. The van der Waals surface area contributed by atoms with E-state index < -0.39 is 11.7 Å². The van der Waals surface area contributed by atoms with Crippen LogP contribution in [0.1, 0.15) is 22.4 Å². The number of aromatic nitrogens is 2. The van der Waals surface area contributed by atoms with Gasteiger partial charge in [-0.05, 0) is 31.5 Å². The van der Waals surface area contributed by atoms with Crippen molar-refractivity contribution in [1.29, 1.82) is 5.26 Å². The van der Waals surface area contributed by atoms with Gasteiger partial charge in [0.1, 0.15) is 17.5 Å². The average Bonchev–Trinajstić information content (AvgIpc) is 2.64. The lowest BCUT2D eigenvalue weighted by Crippen LogP contribution is -2.08. The molecule has 0 atom stereocenters. The summed E-state index contributed by atoms with van der Waals surface area (Å²) in [5.41, 5.74) is 0.532. The van der Waals surface area contributed by atoms with Gasteiger partial charge in [0.25, 0.3) is 0 Å². The molecule has 21 heavy (non-hydrogen) atoms. The molecule has 0 amide bonds. The smallest absolute Gasteiger partial charge is 0.339 e. The third-order valence-electron chi connectivity index (χ3n) is 3.14. The predicted molar refractivity (Wildman–Crippen MR) is 72.1 cm³/mol. The zero-order valence-corrected chi connectivity index (χ0v) is 11.7. The molecule has 1 N–H and O–H groups in total. The third-order valence-corrected chi connectivity index (χ3v) is 3.14. The average molecular weight is 294 g/mol. The molecule has 1 aromatic carbocycles. The maximum absolute atomic E-state index is 12.9. The van der Waals surface area contributed by atoms with Gasteiger partial charge in [-0.2, -0.15) is 23.5 Å². The summed E-state index contributed by atoms with van der Waals surface area (Å²) in [6, 6.07) is 5.94. The van der Waals surface area contributed by atoms with Crippen molar-refractivity contribution in [3.63, 3.8) is 0 Å². The summed E-state index contributed by atoms with van der Waals surface area (Å²) in [4.78, 5) is 0. The Bertz CT molecular complexity index is 723. The zero-order chi connectivity index (χ0) is 15.8. The van der Waals surface area contributed by atoms with Gasteiger partial charge in [0.05, 0.1) is 11.3 Å². The van der Waals surface area contributed by atoms with E-state index in [1.807, 2.05) is 6.07 Å². The molecule has 2 rings (SSSR count). The summed E-state index contributed by atoms with van der Waals surface area (Å²) >= 11 is 0.